The summed E-state index contributed by atoms with van der Waals surface area (Å²) in [7, 11) is -2.23. The van der Waals surface area contributed by atoms with E-state index < -0.39 is 15.4 Å². The van der Waals surface area contributed by atoms with Crippen LogP contribution >= 0.6 is 0 Å². The Morgan fingerprint density at radius 1 is 0.809 bits per heavy atom. The molecule has 0 radical (unpaired) electrons. The average molecular weight is 660 g/mol. The summed E-state index contributed by atoms with van der Waals surface area (Å²) in [5.74, 6) is -0.0747. The molecular weight excluding hydrogens is 611 g/mol. The fourth-order valence-electron chi connectivity index (χ4n) is 5.38. The second-order valence-corrected chi connectivity index (χ2v) is 15.7. The summed E-state index contributed by atoms with van der Waals surface area (Å²) in [6.07, 6.45) is 0. The van der Waals surface area contributed by atoms with Crippen LogP contribution in [0.1, 0.15) is 102 Å². The van der Waals surface area contributed by atoms with Crippen LogP contribution in [0.25, 0.3) is 5.69 Å². The molecule has 0 aliphatic carbocycles. The number of nitrogens with zero attached hydrogens (tertiary/aromatic N) is 2. The number of carbonyl (C=O) groups excluding carboxylic acids is 1. The summed E-state index contributed by atoms with van der Waals surface area (Å²) in [5.41, 5.74) is 4.43. The van der Waals surface area contributed by atoms with Gasteiger partial charge >= 0.3 is 0 Å². The lowest BCUT2D eigenvalue weighted by atomic mass is 9.89. The van der Waals surface area contributed by atoms with Crippen molar-refractivity contribution in [1.82, 2.24) is 9.36 Å². The van der Waals surface area contributed by atoms with Crippen molar-refractivity contribution in [2.45, 2.75) is 91.9 Å². The van der Waals surface area contributed by atoms with E-state index in [0.29, 0.717) is 28.4 Å². The van der Waals surface area contributed by atoms with Gasteiger partial charge in [-0.05, 0) is 71.7 Å². The molecule has 1 amide bonds. The quantitative estimate of drug-likeness (QED) is 0.158. The van der Waals surface area contributed by atoms with Crippen molar-refractivity contribution >= 4 is 38.7 Å². The summed E-state index contributed by atoms with van der Waals surface area (Å²) < 4.78 is 34.5. The van der Waals surface area contributed by atoms with Gasteiger partial charge < -0.3 is 10.6 Å². The van der Waals surface area contributed by atoms with Gasteiger partial charge in [-0.25, -0.2) is 13.1 Å². The van der Waals surface area contributed by atoms with Crippen LogP contribution in [0, 0.1) is 12.3 Å². The number of para-hydroxylation sites is 1. The summed E-state index contributed by atoms with van der Waals surface area (Å²) in [5, 5.41) is 6.19. The van der Waals surface area contributed by atoms with Crippen LogP contribution in [0.2, 0.25) is 0 Å². The zero-order valence-electron chi connectivity index (χ0n) is 29.4. The third-order valence-corrected chi connectivity index (χ3v) is 9.88. The smallest absolute Gasteiger partial charge is 0.295 e. The van der Waals surface area contributed by atoms with Gasteiger partial charge in [0.25, 0.3) is 15.6 Å². The fourth-order valence-corrected chi connectivity index (χ4v) is 7.13. The van der Waals surface area contributed by atoms with Crippen LogP contribution in [0.3, 0.4) is 0 Å². The van der Waals surface area contributed by atoms with E-state index in [4.69, 9.17) is 0 Å². The second-order valence-electron chi connectivity index (χ2n) is 14.1. The zero-order chi connectivity index (χ0) is 35.0. The van der Waals surface area contributed by atoms with E-state index in [-0.39, 0.29) is 39.8 Å². The molecular formula is C37H49N5O4S. The molecule has 4 aromatic rings. The van der Waals surface area contributed by atoms with Crippen molar-refractivity contribution in [2.24, 2.45) is 12.5 Å². The molecule has 4 rings (SSSR count). The molecule has 1 heterocycles. The van der Waals surface area contributed by atoms with Gasteiger partial charge in [-0.3, -0.25) is 19.0 Å². The standard InChI is InChI=1S/C37H49N5O4S/c1-22(2)26-19-29(23(3)4)34(30(20-26)24(5)6)47(45,46)40-27-17-18-31(32(21-27)39-36(44)37(8,9)10)38-33-25(7)41(11)42(35(33)43)28-15-13-12-14-16-28/h12-24,38,40H,1-11H3,(H,39,44). The monoisotopic (exact) mass is 659 g/mol. The van der Waals surface area contributed by atoms with Gasteiger partial charge in [0.2, 0.25) is 5.91 Å². The van der Waals surface area contributed by atoms with E-state index in [2.05, 4.69) is 29.2 Å². The molecule has 0 unspecified atom stereocenters. The van der Waals surface area contributed by atoms with E-state index >= 15 is 0 Å². The fraction of sp³-hybridized carbons (Fsp3) is 0.405. The molecule has 9 nitrogen and oxygen atoms in total. The lowest BCUT2D eigenvalue weighted by Crippen LogP contribution is -2.28. The number of aromatic nitrogens is 2. The van der Waals surface area contributed by atoms with Crippen molar-refractivity contribution < 1.29 is 13.2 Å². The third kappa shape index (κ3) is 7.48. The lowest BCUT2D eigenvalue weighted by Gasteiger charge is -2.24. The van der Waals surface area contributed by atoms with E-state index in [0.717, 1.165) is 16.7 Å². The number of anilines is 4. The lowest BCUT2D eigenvalue weighted by molar-refractivity contribution is -0.123. The molecule has 0 fully saturated rings. The number of benzene rings is 3. The molecule has 0 saturated heterocycles. The minimum atomic E-state index is -4.04. The Bertz CT molecular complexity index is 1920. The van der Waals surface area contributed by atoms with Crippen LogP contribution in [0.15, 0.2) is 70.4 Å². The predicted octanol–water partition coefficient (Wildman–Crippen LogP) is 8.38. The third-order valence-electron chi connectivity index (χ3n) is 8.36. The SMILES string of the molecule is Cc1c(Nc2ccc(NS(=O)(=O)c3c(C(C)C)cc(C(C)C)cc3C(C)C)cc2NC(=O)C(C)(C)C)c(=O)n(-c2ccccc2)n1C. The molecule has 0 aliphatic heterocycles. The number of sulfonamides is 1. The van der Waals surface area contributed by atoms with Crippen LogP contribution in [-0.4, -0.2) is 23.7 Å². The van der Waals surface area contributed by atoms with Gasteiger partial charge in [0.05, 0.1) is 33.3 Å². The summed E-state index contributed by atoms with van der Waals surface area (Å²) in [6.45, 7) is 19.4. The molecule has 0 aliphatic rings. The summed E-state index contributed by atoms with van der Waals surface area (Å²) in [6, 6.07) is 18.2. The first kappa shape index (κ1) is 35.5. The highest BCUT2D eigenvalue weighted by Crippen LogP contribution is 2.37. The van der Waals surface area contributed by atoms with Crippen molar-refractivity contribution in [3.8, 4) is 5.69 Å². The zero-order valence-corrected chi connectivity index (χ0v) is 30.3. The molecule has 1 aromatic heterocycles. The van der Waals surface area contributed by atoms with Gasteiger partial charge in [0.1, 0.15) is 5.69 Å². The Morgan fingerprint density at radius 3 is 1.89 bits per heavy atom. The van der Waals surface area contributed by atoms with E-state index in [1.807, 2.05) is 77.1 Å². The topological polar surface area (TPSA) is 114 Å². The first-order chi connectivity index (χ1) is 21.8. The summed E-state index contributed by atoms with van der Waals surface area (Å²) in [4.78, 5) is 27.2. The molecule has 10 heteroatoms. The van der Waals surface area contributed by atoms with Gasteiger partial charge in [0, 0.05) is 12.5 Å². The van der Waals surface area contributed by atoms with Crippen molar-refractivity contribution in [2.75, 3.05) is 15.4 Å². The minimum Gasteiger partial charge on any atom is -0.348 e. The average Bonchev–Trinajstić information content (AvgIpc) is 3.19. The first-order valence-electron chi connectivity index (χ1n) is 16.1. The Morgan fingerprint density at radius 2 is 1.38 bits per heavy atom. The van der Waals surface area contributed by atoms with Crippen LogP contribution in [0.4, 0.5) is 22.7 Å². The van der Waals surface area contributed by atoms with E-state index in [1.54, 1.807) is 55.4 Å². The van der Waals surface area contributed by atoms with E-state index in [1.165, 1.54) is 0 Å². The van der Waals surface area contributed by atoms with Crippen molar-refractivity contribution in [3.05, 3.63) is 93.4 Å². The Kier molecular flexibility index (Phi) is 10.2. The first-order valence-corrected chi connectivity index (χ1v) is 17.6. The number of hydrogen-bond donors (Lipinski definition) is 3. The number of carbonyl (C=O) groups is 1. The number of rotatable bonds is 10. The van der Waals surface area contributed by atoms with Gasteiger partial charge in [-0.1, -0.05) is 92.6 Å². The highest BCUT2D eigenvalue weighted by molar-refractivity contribution is 7.92. The van der Waals surface area contributed by atoms with Crippen LogP contribution in [-0.2, 0) is 21.9 Å². The molecule has 3 aromatic carbocycles. The Hall–Kier alpha value is -4.31. The van der Waals surface area contributed by atoms with E-state index in [9.17, 15) is 18.0 Å². The maximum absolute atomic E-state index is 14.2. The number of hydrogen-bond acceptors (Lipinski definition) is 5. The Balaban J connectivity index is 1.82. The van der Waals surface area contributed by atoms with Gasteiger partial charge in [0.15, 0.2) is 0 Å². The van der Waals surface area contributed by atoms with Crippen molar-refractivity contribution in [3.63, 3.8) is 0 Å². The van der Waals surface area contributed by atoms with Crippen LogP contribution in [0.5, 0.6) is 0 Å². The maximum atomic E-state index is 14.2. The second kappa shape index (κ2) is 13.4. The molecule has 0 bridgehead atoms. The van der Waals surface area contributed by atoms with Gasteiger partial charge in [-0.2, -0.15) is 0 Å². The highest BCUT2D eigenvalue weighted by Gasteiger charge is 2.28. The van der Waals surface area contributed by atoms with Crippen molar-refractivity contribution in [1.29, 1.82) is 0 Å². The highest BCUT2D eigenvalue weighted by atomic mass is 32.2. The maximum Gasteiger partial charge on any atom is 0.295 e. The molecule has 3 N–H and O–H groups in total. The molecule has 47 heavy (non-hydrogen) atoms. The van der Waals surface area contributed by atoms with Gasteiger partial charge in [-0.15, -0.1) is 0 Å². The normalized spacial score (nSPS) is 12.2. The molecule has 0 atom stereocenters. The number of nitrogens with one attached hydrogen (secondary N) is 3. The molecule has 252 valence electrons. The predicted molar refractivity (Wildman–Crippen MR) is 193 cm³/mol. The minimum absolute atomic E-state index is 0.0277. The largest absolute Gasteiger partial charge is 0.348 e. The molecule has 0 spiro atoms. The summed E-state index contributed by atoms with van der Waals surface area (Å²) >= 11 is 0. The molecule has 0 saturated carbocycles. The Labute approximate surface area is 279 Å². The van der Waals surface area contributed by atoms with Crippen LogP contribution < -0.4 is 20.9 Å². The number of amides is 1.